The Morgan fingerprint density at radius 2 is 1.78 bits per heavy atom. The molecule has 0 aromatic carbocycles. The van der Waals surface area contributed by atoms with Gasteiger partial charge < -0.3 is 5.11 Å². The Kier molecular flexibility index (Phi) is 4.48. The predicted molar refractivity (Wildman–Crippen MR) is 25.6 cm³/mol. The third-order valence-corrected chi connectivity index (χ3v) is 0.352. The molecule has 0 rings (SSSR count). The standard InChI is InChI=1S/C3H3F3O2.ClH/c4-3(5,6)1-2(7)8;/h1H2,(H,7,8);1H. The van der Waals surface area contributed by atoms with Crippen molar-refractivity contribution in [3.63, 3.8) is 0 Å². The third-order valence-electron chi connectivity index (χ3n) is 0.352. The van der Waals surface area contributed by atoms with Crippen molar-refractivity contribution in [2.24, 2.45) is 0 Å². The first-order valence-corrected chi connectivity index (χ1v) is 1.70. The summed E-state index contributed by atoms with van der Waals surface area (Å²) in [5.74, 6) is -1.85. The van der Waals surface area contributed by atoms with Gasteiger partial charge in [0.2, 0.25) is 0 Å². The van der Waals surface area contributed by atoms with E-state index < -0.39 is 18.6 Å². The van der Waals surface area contributed by atoms with Crippen LogP contribution in [-0.4, -0.2) is 17.3 Å². The van der Waals surface area contributed by atoms with Gasteiger partial charge in [-0.25, -0.2) is 0 Å². The first-order chi connectivity index (χ1) is 3.42. The van der Waals surface area contributed by atoms with Crippen LogP contribution in [0.5, 0.6) is 0 Å². The average Bonchev–Trinajstić information content (AvgIpc) is 1.21. The van der Waals surface area contributed by atoms with Crippen molar-refractivity contribution in [3.05, 3.63) is 0 Å². The SMILES string of the molecule is Cl.O=C(O)CC(F)(F)F. The molecule has 0 spiro atoms. The lowest BCUT2D eigenvalue weighted by Gasteiger charge is -1.98. The number of carboxylic acid groups (broad SMARTS) is 1. The zero-order valence-corrected chi connectivity index (χ0v) is 4.92. The molecule has 0 aromatic rings. The van der Waals surface area contributed by atoms with Crippen molar-refractivity contribution < 1.29 is 23.1 Å². The molecule has 0 atom stereocenters. The summed E-state index contributed by atoms with van der Waals surface area (Å²) in [6.07, 6.45) is -6.33. The molecular formula is C3H4ClF3O2. The van der Waals surface area contributed by atoms with Gasteiger partial charge in [0.1, 0.15) is 6.42 Å². The van der Waals surface area contributed by atoms with Crippen LogP contribution < -0.4 is 0 Å². The molecule has 0 aromatic heterocycles. The van der Waals surface area contributed by atoms with Gasteiger partial charge in [0, 0.05) is 0 Å². The van der Waals surface area contributed by atoms with E-state index in [0.717, 1.165) is 0 Å². The quantitative estimate of drug-likeness (QED) is 0.637. The van der Waals surface area contributed by atoms with E-state index in [1.165, 1.54) is 0 Å². The molecule has 0 heterocycles. The molecule has 9 heavy (non-hydrogen) atoms. The minimum absolute atomic E-state index is 0. The molecule has 2 nitrogen and oxygen atoms in total. The maximum atomic E-state index is 10.9. The molecule has 0 saturated heterocycles. The third kappa shape index (κ3) is 11.2. The van der Waals surface area contributed by atoms with Crippen LogP contribution in [0.3, 0.4) is 0 Å². The largest absolute Gasteiger partial charge is 0.481 e. The van der Waals surface area contributed by atoms with E-state index in [4.69, 9.17) is 5.11 Å². The highest BCUT2D eigenvalue weighted by atomic mass is 35.5. The molecule has 0 saturated carbocycles. The van der Waals surface area contributed by atoms with Crippen LogP contribution in [0.15, 0.2) is 0 Å². The first-order valence-electron chi connectivity index (χ1n) is 1.70. The Morgan fingerprint density at radius 1 is 1.44 bits per heavy atom. The molecule has 0 aliphatic rings. The molecule has 0 fully saturated rings. The molecule has 0 amide bonds. The van der Waals surface area contributed by atoms with Crippen LogP contribution in [0, 0.1) is 0 Å². The number of halogens is 4. The highest BCUT2D eigenvalue weighted by Crippen LogP contribution is 2.18. The van der Waals surface area contributed by atoms with E-state index in [-0.39, 0.29) is 12.4 Å². The van der Waals surface area contributed by atoms with E-state index in [1.54, 1.807) is 0 Å². The summed E-state index contributed by atoms with van der Waals surface area (Å²) in [4.78, 5) is 9.29. The van der Waals surface area contributed by atoms with Gasteiger partial charge in [-0.1, -0.05) is 0 Å². The van der Waals surface area contributed by atoms with Gasteiger partial charge in [0.25, 0.3) is 0 Å². The monoisotopic (exact) mass is 164 g/mol. The lowest BCUT2D eigenvalue weighted by Crippen LogP contribution is -2.13. The van der Waals surface area contributed by atoms with E-state index in [2.05, 4.69) is 0 Å². The van der Waals surface area contributed by atoms with Crippen molar-refractivity contribution in [1.29, 1.82) is 0 Å². The summed E-state index contributed by atoms with van der Waals surface area (Å²) >= 11 is 0. The Labute approximate surface area is 55.1 Å². The Bertz CT molecular complexity index is 99.7. The van der Waals surface area contributed by atoms with Gasteiger partial charge >= 0.3 is 12.1 Å². The van der Waals surface area contributed by atoms with Crippen LogP contribution in [0.1, 0.15) is 6.42 Å². The maximum Gasteiger partial charge on any atom is 0.399 e. The van der Waals surface area contributed by atoms with Gasteiger partial charge in [-0.2, -0.15) is 13.2 Å². The summed E-state index contributed by atoms with van der Waals surface area (Å²) in [7, 11) is 0. The number of alkyl halides is 3. The second-order valence-electron chi connectivity index (χ2n) is 1.19. The van der Waals surface area contributed by atoms with Gasteiger partial charge in [-0.05, 0) is 0 Å². The van der Waals surface area contributed by atoms with Crippen molar-refractivity contribution in [2.75, 3.05) is 0 Å². The fraction of sp³-hybridized carbons (Fsp3) is 0.667. The topological polar surface area (TPSA) is 37.3 Å². The fourth-order valence-electron chi connectivity index (χ4n) is 0.171. The maximum absolute atomic E-state index is 10.9. The molecule has 0 unspecified atom stereocenters. The predicted octanol–water partition coefficient (Wildman–Crippen LogP) is 1.45. The number of rotatable bonds is 1. The highest BCUT2D eigenvalue weighted by molar-refractivity contribution is 5.85. The summed E-state index contributed by atoms with van der Waals surface area (Å²) in [5, 5.41) is 7.53. The van der Waals surface area contributed by atoms with Crippen molar-refractivity contribution in [2.45, 2.75) is 12.6 Å². The van der Waals surface area contributed by atoms with Gasteiger partial charge in [0.15, 0.2) is 0 Å². The minimum Gasteiger partial charge on any atom is -0.481 e. The molecule has 0 bridgehead atoms. The minimum atomic E-state index is -4.58. The zero-order valence-electron chi connectivity index (χ0n) is 4.10. The van der Waals surface area contributed by atoms with Crippen LogP contribution in [0.2, 0.25) is 0 Å². The lowest BCUT2D eigenvalue weighted by atomic mass is 10.4. The fourth-order valence-corrected chi connectivity index (χ4v) is 0.171. The molecule has 56 valence electrons. The molecule has 1 N–H and O–H groups in total. The second-order valence-corrected chi connectivity index (χ2v) is 1.19. The second kappa shape index (κ2) is 3.55. The van der Waals surface area contributed by atoms with Crippen LogP contribution in [0.4, 0.5) is 13.2 Å². The summed E-state index contributed by atoms with van der Waals surface area (Å²) in [5.41, 5.74) is 0. The Hall–Kier alpha value is -0.450. The Morgan fingerprint density at radius 3 is 1.78 bits per heavy atom. The molecule has 0 aliphatic carbocycles. The van der Waals surface area contributed by atoms with Gasteiger partial charge in [0.05, 0.1) is 0 Å². The van der Waals surface area contributed by atoms with Crippen molar-refractivity contribution >= 4 is 18.4 Å². The average molecular weight is 165 g/mol. The van der Waals surface area contributed by atoms with Gasteiger partial charge in [-0.3, -0.25) is 4.79 Å². The smallest absolute Gasteiger partial charge is 0.399 e. The number of carboxylic acids is 1. The normalized spacial score (nSPS) is 10.1. The van der Waals surface area contributed by atoms with E-state index in [0.29, 0.717) is 0 Å². The molecule has 0 radical (unpaired) electrons. The number of hydrogen-bond acceptors (Lipinski definition) is 1. The van der Waals surface area contributed by atoms with E-state index >= 15 is 0 Å². The number of hydrogen-bond donors (Lipinski definition) is 1. The van der Waals surface area contributed by atoms with Crippen LogP contribution in [-0.2, 0) is 4.79 Å². The number of carbonyl (C=O) groups is 1. The molecule has 0 aliphatic heterocycles. The molecular weight excluding hydrogens is 160 g/mol. The van der Waals surface area contributed by atoms with Crippen LogP contribution in [0.25, 0.3) is 0 Å². The number of aliphatic carboxylic acids is 1. The van der Waals surface area contributed by atoms with Gasteiger partial charge in [-0.15, -0.1) is 12.4 Å². The van der Waals surface area contributed by atoms with E-state index in [9.17, 15) is 18.0 Å². The van der Waals surface area contributed by atoms with Crippen molar-refractivity contribution in [3.8, 4) is 0 Å². The molecule has 6 heteroatoms. The first kappa shape index (κ1) is 11.4. The summed E-state index contributed by atoms with van der Waals surface area (Å²) < 4.78 is 32.8. The Balaban J connectivity index is 0. The zero-order chi connectivity index (χ0) is 6.78. The van der Waals surface area contributed by atoms with Crippen LogP contribution >= 0.6 is 12.4 Å². The lowest BCUT2D eigenvalue weighted by molar-refractivity contribution is -0.166. The van der Waals surface area contributed by atoms with Crippen molar-refractivity contribution in [1.82, 2.24) is 0 Å². The highest BCUT2D eigenvalue weighted by Gasteiger charge is 2.30. The summed E-state index contributed by atoms with van der Waals surface area (Å²) in [6, 6.07) is 0. The van der Waals surface area contributed by atoms with E-state index in [1.807, 2.05) is 0 Å². The summed E-state index contributed by atoms with van der Waals surface area (Å²) in [6.45, 7) is 0.